The monoisotopic (exact) mass is 287 g/mol. The second-order valence-electron chi connectivity index (χ2n) is 5.72. The number of methoxy groups -OCH3 is 1. The Bertz CT molecular complexity index is 678. The van der Waals surface area contributed by atoms with E-state index in [1.165, 1.54) is 17.3 Å². The standard InChI is InChI=1S/C15H17N3O3/c1-15(2)6-11-4-10(5-13(20-3)14(11)21-15)12(19)7-18-9-16-8-17-18/h4-5,8-9H,6-7H2,1-3H3. The van der Waals surface area contributed by atoms with E-state index >= 15 is 0 Å². The van der Waals surface area contributed by atoms with Crippen molar-refractivity contribution in [1.82, 2.24) is 14.8 Å². The number of aromatic nitrogens is 3. The summed E-state index contributed by atoms with van der Waals surface area (Å²) in [7, 11) is 1.58. The van der Waals surface area contributed by atoms with Crippen LogP contribution in [0, 0.1) is 0 Å². The molecule has 0 spiro atoms. The molecule has 0 amide bonds. The lowest BCUT2D eigenvalue weighted by Gasteiger charge is -2.17. The highest BCUT2D eigenvalue weighted by molar-refractivity contribution is 5.97. The van der Waals surface area contributed by atoms with E-state index in [1.807, 2.05) is 19.9 Å². The van der Waals surface area contributed by atoms with Gasteiger partial charge in [-0.25, -0.2) is 9.67 Å². The zero-order valence-corrected chi connectivity index (χ0v) is 12.3. The number of hydrogen-bond donors (Lipinski definition) is 0. The molecule has 1 aromatic heterocycles. The number of carbonyl (C=O) groups is 1. The topological polar surface area (TPSA) is 66.2 Å². The largest absolute Gasteiger partial charge is 0.493 e. The van der Waals surface area contributed by atoms with Crippen molar-refractivity contribution >= 4 is 5.78 Å². The summed E-state index contributed by atoms with van der Waals surface area (Å²) in [5, 5.41) is 3.95. The first-order valence-corrected chi connectivity index (χ1v) is 6.74. The van der Waals surface area contributed by atoms with Crippen LogP contribution < -0.4 is 9.47 Å². The number of benzene rings is 1. The van der Waals surface area contributed by atoms with Gasteiger partial charge in [0.05, 0.1) is 7.11 Å². The number of ether oxygens (including phenoxy) is 2. The van der Waals surface area contributed by atoms with E-state index in [9.17, 15) is 4.79 Å². The Morgan fingerprint density at radius 3 is 2.95 bits per heavy atom. The van der Waals surface area contributed by atoms with Gasteiger partial charge in [0, 0.05) is 17.5 Å². The highest BCUT2D eigenvalue weighted by atomic mass is 16.5. The van der Waals surface area contributed by atoms with Crippen molar-refractivity contribution in [1.29, 1.82) is 0 Å². The fraction of sp³-hybridized carbons (Fsp3) is 0.400. The SMILES string of the molecule is COc1cc(C(=O)Cn2cncn2)cc2c1OC(C)(C)C2. The van der Waals surface area contributed by atoms with Crippen LogP contribution in [-0.4, -0.2) is 33.3 Å². The lowest BCUT2D eigenvalue weighted by atomic mass is 9.98. The molecular weight excluding hydrogens is 270 g/mol. The summed E-state index contributed by atoms with van der Waals surface area (Å²) < 4.78 is 12.8. The van der Waals surface area contributed by atoms with E-state index in [1.54, 1.807) is 13.2 Å². The molecule has 110 valence electrons. The van der Waals surface area contributed by atoms with Gasteiger partial charge in [0.2, 0.25) is 0 Å². The van der Waals surface area contributed by atoms with Crippen molar-refractivity contribution in [3.63, 3.8) is 0 Å². The fourth-order valence-corrected chi connectivity index (χ4v) is 2.54. The van der Waals surface area contributed by atoms with Crippen molar-refractivity contribution < 1.29 is 14.3 Å². The summed E-state index contributed by atoms with van der Waals surface area (Å²) in [6.45, 7) is 4.19. The van der Waals surface area contributed by atoms with Gasteiger partial charge in [0.25, 0.3) is 0 Å². The van der Waals surface area contributed by atoms with Gasteiger partial charge in [-0.2, -0.15) is 5.10 Å². The maximum Gasteiger partial charge on any atom is 0.184 e. The third-order valence-corrected chi connectivity index (χ3v) is 3.44. The molecule has 0 aliphatic carbocycles. The second kappa shape index (κ2) is 4.87. The molecule has 3 rings (SSSR count). The van der Waals surface area contributed by atoms with Crippen molar-refractivity contribution in [3.05, 3.63) is 35.9 Å². The normalized spacial score (nSPS) is 15.4. The molecule has 0 radical (unpaired) electrons. The lowest BCUT2D eigenvalue weighted by Crippen LogP contribution is -2.24. The van der Waals surface area contributed by atoms with E-state index in [0.29, 0.717) is 11.3 Å². The zero-order valence-electron chi connectivity index (χ0n) is 12.3. The van der Waals surface area contributed by atoms with Gasteiger partial charge in [0.15, 0.2) is 17.3 Å². The number of Topliss-reactive ketones (excluding diaryl/α,β-unsaturated/α-hetero) is 1. The van der Waals surface area contributed by atoms with Gasteiger partial charge in [-0.3, -0.25) is 4.79 Å². The highest BCUT2D eigenvalue weighted by Gasteiger charge is 2.33. The predicted octanol–water partition coefficient (Wildman–Crippen LogP) is 1.88. The van der Waals surface area contributed by atoms with Crippen molar-refractivity contribution in [2.45, 2.75) is 32.4 Å². The molecule has 0 saturated heterocycles. The number of nitrogens with zero attached hydrogens (tertiary/aromatic N) is 3. The second-order valence-corrected chi connectivity index (χ2v) is 5.72. The third-order valence-electron chi connectivity index (χ3n) is 3.44. The number of fused-ring (bicyclic) bond motifs is 1. The van der Waals surface area contributed by atoms with Gasteiger partial charge in [-0.15, -0.1) is 0 Å². The molecule has 6 nitrogen and oxygen atoms in total. The Morgan fingerprint density at radius 2 is 2.29 bits per heavy atom. The number of rotatable bonds is 4. The Balaban J connectivity index is 1.92. The third kappa shape index (κ3) is 2.61. The molecule has 2 aromatic rings. The molecule has 0 unspecified atom stereocenters. The number of ketones is 1. The molecule has 0 saturated carbocycles. The van der Waals surface area contributed by atoms with E-state index in [0.717, 1.165) is 17.7 Å². The quantitative estimate of drug-likeness (QED) is 0.803. The van der Waals surface area contributed by atoms with Crippen molar-refractivity contribution in [2.24, 2.45) is 0 Å². The van der Waals surface area contributed by atoms with Crippen LogP contribution in [0.4, 0.5) is 0 Å². The molecule has 2 heterocycles. The van der Waals surface area contributed by atoms with Crippen LogP contribution in [-0.2, 0) is 13.0 Å². The zero-order chi connectivity index (χ0) is 15.0. The van der Waals surface area contributed by atoms with Crippen LogP contribution in [0.1, 0.15) is 29.8 Å². The summed E-state index contributed by atoms with van der Waals surface area (Å²) in [6.07, 6.45) is 3.69. The average molecular weight is 287 g/mol. The van der Waals surface area contributed by atoms with Crippen LogP contribution in [0.2, 0.25) is 0 Å². The van der Waals surface area contributed by atoms with Gasteiger partial charge in [-0.05, 0) is 26.0 Å². The van der Waals surface area contributed by atoms with Gasteiger partial charge >= 0.3 is 0 Å². The molecule has 0 atom stereocenters. The Hall–Kier alpha value is -2.37. The Morgan fingerprint density at radius 1 is 1.48 bits per heavy atom. The maximum atomic E-state index is 12.4. The number of hydrogen-bond acceptors (Lipinski definition) is 5. The molecule has 1 aliphatic rings. The lowest BCUT2D eigenvalue weighted by molar-refractivity contribution is 0.0967. The minimum atomic E-state index is -0.275. The summed E-state index contributed by atoms with van der Waals surface area (Å²) in [6, 6.07) is 3.60. The first kappa shape index (κ1) is 13.6. The smallest absolute Gasteiger partial charge is 0.184 e. The highest BCUT2D eigenvalue weighted by Crippen LogP contribution is 2.42. The van der Waals surface area contributed by atoms with E-state index < -0.39 is 0 Å². The van der Waals surface area contributed by atoms with Gasteiger partial charge in [0.1, 0.15) is 24.8 Å². The first-order chi connectivity index (χ1) is 9.98. The Labute approximate surface area is 122 Å². The molecule has 1 aromatic carbocycles. The molecule has 1 aliphatic heterocycles. The fourth-order valence-electron chi connectivity index (χ4n) is 2.54. The molecule has 21 heavy (non-hydrogen) atoms. The van der Waals surface area contributed by atoms with Crippen LogP contribution in [0.15, 0.2) is 24.8 Å². The summed E-state index contributed by atoms with van der Waals surface area (Å²) >= 11 is 0. The minimum Gasteiger partial charge on any atom is -0.493 e. The molecule has 0 fully saturated rings. The summed E-state index contributed by atoms with van der Waals surface area (Å²) in [5.41, 5.74) is 1.33. The maximum absolute atomic E-state index is 12.4. The predicted molar refractivity (Wildman–Crippen MR) is 75.8 cm³/mol. The molecular formula is C15H17N3O3. The van der Waals surface area contributed by atoms with E-state index in [2.05, 4.69) is 10.1 Å². The van der Waals surface area contributed by atoms with E-state index in [-0.39, 0.29) is 17.9 Å². The summed E-state index contributed by atoms with van der Waals surface area (Å²) in [4.78, 5) is 16.2. The van der Waals surface area contributed by atoms with Crippen LogP contribution >= 0.6 is 0 Å². The van der Waals surface area contributed by atoms with Crippen molar-refractivity contribution in [3.8, 4) is 11.5 Å². The summed E-state index contributed by atoms with van der Waals surface area (Å²) in [5.74, 6) is 1.30. The van der Waals surface area contributed by atoms with Crippen LogP contribution in [0.5, 0.6) is 11.5 Å². The van der Waals surface area contributed by atoms with Gasteiger partial charge < -0.3 is 9.47 Å². The minimum absolute atomic E-state index is 0.0358. The first-order valence-electron chi connectivity index (χ1n) is 6.74. The van der Waals surface area contributed by atoms with Crippen molar-refractivity contribution in [2.75, 3.05) is 7.11 Å². The van der Waals surface area contributed by atoms with Crippen LogP contribution in [0.25, 0.3) is 0 Å². The van der Waals surface area contributed by atoms with E-state index in [4.69, 9.17) is 9.47 Å². The molecule has 0 bridgehead atoms. The Kier molecular flexibility index (Phi) is 3.16. The average Bonchev–Trinajstić information content (AvgIpc) is 3.02. The number of carbonyl (C=O) groups excluding carboxylic acids is 1. The molecule has 0 N–H and O–H groups in total. The van der Waals surface area contributed by atoms with Gasteiger partial charge in [-0.1, -0.05) is 0 Å². The van der Waals surface area contributed by atoms with Crippen LogP contribution in [0.3, 0.4) is 0 Å². The molecule has 6 heteroatoms.